The van der Waals surface area contributed by atoms with Crippen LogP contribution >= 0.6 is 11.6 Å². The van der Waals surface area contributed by atoms with Crippen molar-refractivity contribution in [1.29, 1.82) is 0 Å². The maximum Gasteiger partial charge on any atom is 0.299 e. The van der Waals surface area contributed by atoms with Gasteiger partial charge in [-0.15, -0.1) is 11.6 Å². The van der Waals surface area contributed by atoms with Crippen LogP contribution in [-0.4, -0.2) is 28.5 Å². The Morgan fingerprint density at radius 1 is 1.41 bits per heavy atom. The molecule has 1 atom stereocenters. The number of allylic oxidation sites excluding steroid dienone is 3. The highest BCUT2D eigenvalue weighted by atomic mass is 35.5. The number of hydrogen-bond donors (Lipinski definition) is 0. The first kappa shape index (κ1) is 12.4. The summed E-state index contributed by atoms with van der Waals surface area (Å²) in [5.41, 5.74) is 1.36. The second-order valence-electron chi connectivity index (χ2n) is 4.43. The third-order valence-corrected chi connectivity index (χ3v) is 3.47. The monoisotopic (exact) mass is 253 g/mol. The second-order valence-corrected chi connectivity index (χ2v) is 4.99. The molecule has 2 aliphatic rings. The number of carbonyl (C=O) groups is 2. The van der Waals surface area contributed by atoms with Gasteiger partial charge in [0, 0.05) is 24.2 Å². The summed E-state index contributed by atoms with van der Waals surface area (Å²) in [6.45, 7) is 2.74. The number of nitrogens with zero attached hydrogens (tertiary/aromatic N) is 1. The van der Waals surface area contributed by atoms with E-state index in [1.165, 1.54) is 0 Å². The van der Waals surface area contributed by atoms with Crippen LogP contribution in [0.5, 0.6) is 0 Å². The molecule has 0 aromatic rings. The number of rotatable bonds is 4. The van der Waals surface area contributed by atoms with Gasteiger partial charge in [-0.05, 0) is 6.42 Å². The quantitative estimate of drug-likeness (QED) is 0.438. The fourth-order valence-corrected chi connectivity index (χ4v) is 2.46. The lowest BCUT2D eigenvalue weighted by molar-refractivity contribution is -0.139. The maximum absolute atomic E-state index is 11.8. The van der Waals surface area contributed by atoms with Crippen molar-refractivity contribution < 1.29 is 9.59 Å². The zero-order chi connectivity index (χ0) is 12.4. The molecule has 3 nitrogen and oxygen atoms in total. The zero-order valence-corrected chi connectivity index (χ0v) is 10.7. The predicted molar refractivity (Wildman–Crippen MR) is 66.7 cm³/mol. The lowest BCUT2D eigenvalue weighted by Gasteiger charge is -2.22. The number of ketones is 1. The summed E-state index contributed by atoms with van der Waals surface area (Å²) in [6.07, 6.45) is 7.15. The summed E-state index contributed by atoms with van der Waals surface area (Å²) in [4.78, 5) is 25.2. The second kappa shape index (κ2) is 5.05. The largest absolute Gasteiger partial charge is 0.308 e. The fourth-order valence-electron chi connectivity index (χ4n) is 2.24. The average Bonchev–Trinajstić information content (AvgIpc) is 2.54. The van der Waals surface area contributed by atoms with Crippen molar-refractivity contribution in [3.63, 3.8) is 0 Å². The van der Waals surface area contributed by atoms with Gasteiger partial charge >= 0.3 is 0 Å². The Kier molecular flexibility index (Phi) is 3.67. The molecule has 17 heavy (non-hydrogen) atoms. The summed E-state index contributed by atoms with van der Waals surface area (Å²) in [7, 11) is 0. The minimum Gasteiger partial charge on any atom is -0.308 e. The van der Waals surface area contributed by atoms with Crippen molar-refractivity contribution in [3.8, 4) is 0 Å². The standard InChI is InChI=1S/C13H16ClNO2/c1-2-3-4-7-15-11-8-9(14)5-6-10(11)12(16)13(15)17/h5-6,9H,2-4,7-8H2,1H3. The highest BCUT2D eigenvalue weighted by molar-refractivity contribution is 6.46. The van der Waals surface area contributed by atoms with E-state index in [-0.39, 0.29) is 17.1 Å². The number of halogens is 1. The molecule has 0 saturated carbocycles. The third-order valence-electron chi connectivity index (χ3n) is 3.17. The summed E-state index contributed by atoms with van der Waals surface area (Å²) >= 11 is 6.04. The van der Waals surface area contributed by atoms with Crippen LogP contribution < -0.4 is 0 Å². The summed E-state index contributed by atoms with van der Waals surface area (Å²) in [6, 6.07) is 0. The first-order valence-corrected chi connectivity index (χ1v) is 6.50. The molecule has 0 fully saturated rings. The van der Waals surface area contributed by atoms with Gasteiger partial charge in [0.25, 0.3) is 11.7 Å². The van der Waals surface area contributed by atoms with Crippen molar-refractivity contribution in [2.75, 3.05) is 6.54 Å². The van der Waals surface area contributed by atoms with Crippen LogP contribution in [0.3, 0.4) is 0 Å². The third kappa shape index (κ3) is 2.29. The highest BCUT2D eigenvalue weighted by Gasteiger charge is 2.38. The zero-order valence-electron chi connectivity index (χ0n) is 9.91. The molecule has 1 heterocycles. The number of amides is 1. The number of Topliss-reactive ketones (excluding diaryl/α,β-unsaturated/α-hetero) is 1. The van der Waals surface area contributed by atoms with Gasteiger partial charge in [0.2, 0.25) is 0 Å². The molecule has 0 aromatic heterocycles. The molecule has 1 aliphatic heterocycles. The molecule has 0 bridgehead atoms. The molecule has 4 heteroatoms. The highest BCUT2D eigenvalue weighted by Crippen LogP contribution is 2.32. The number of hydrogen-bond acceptors (Lipinski definition) is 2. The normalized spacial score (nSPS) is 23.6. The van der Waals surface area contributed by atoms with Crippen LogP contribution in [0.25, 0.3) is 0 Å². The Labute approximate surface area is 106 Å². The smallest absolute Gasteiger partial charge is 0.299 e. The Morgan fingerprint density at radius 2 is 2.18 bits per heavy atom. The Balaban J connectivity index is 2.15. The van der Waals surface area contributed by atoms with E-state index in [0.29, 0.717) is 18.5 Å². The fraction of sp³-hybridized carbons (Fsp3) is 0.538. The maximum atomic E-state index is 11.8. The van der Waals surface area contributed by atoms with Gasteiger partial charge < -0.3 is 4.90 Å². The first-order chi connectivity index (χ1) is 8.15. The molecule has 1 amide bonds. The van der Waals surface area contributed by atoms with E-state index in [1.54, 1.807) is 17.1 Å². The minimum atomic E-state index is -0.387. The van der Waals surface area contributed by atoms with Crippen LogP contribution in [0, 0.1) is 0 Å². The number of alkyl halides is 1. The Morgan fingerprint density at radius 3 is 2.88 bits per heavy atom. The van der Waals surface area contributed by atoms with E-state index in [9.17, 15) is 9.59 Å². The summed E-state index contributed by atoms with van der Waals surface area (Å²) in [5.74, 6) is -0.766. The van der Waals surface area contributed by atoms with Crippen molar-refractivity contribution in [3.05, 3.63) is 23.4 Å². The van der Waals surface area contributed by atoms with Gasteiger partial charge in [-0.3, -0.25) is 9.59 Å². The van der Waals surface area contributed by atoms with E-state index in [1.807, 2.05) is 0 Å². The molecule has 2 rings (SSSR count). The number of unbranched alkanes of at least 4 members (excludes halogenated alkanes) is 2. The predicted octanol–water partition coefficient (Wildman–Crippen LogP) is 2.41. The molecule has 92 valence electrons. The summed E-state index contributed by atoms with van der Waals surface area (Å²) < 4.78 is 0. The van der Waals surface area contributed by atoms with Crippen LogP contribution in [0.15, 0.2) is 23.4 Å². The molecule has 0 radical (unpaired) electrons. The van der Waals surface area contributed by atoms with Crippen LogP contribution in [-0.2, 0) is 9.59 Å². The lowest BCUT2D eigenvalue weighted by atomic mass is 10.0. The molecule has 0 N–H and O–H groups in total. The first-order valence-electron chi connectivity index (χ1n) is 6.06. The SMILES string of the molecule is CCCCCN1C(=O)C(=O)C2=C1CC(Cl)C=C2. The van der Waals surface area contributed by atoms with Gasteiger partial charge in [0.1, 0.15) is 0 Å². The van der Waals surface area contributed by atoms with Gasteiger partial charge in [-0.2, -0.15) is 0 Å². The van der Waals surface area contributed by atoms with Crippen LogP contribution in [0.2, 0.25) is 0 Å². The molecule has 1 aliphatic carbocycles. The van der Waals surface area contributed by atoms with Crippen molar-refractivity contribution in [2.24, 2.45) is 0 Å². The van der Waals surface area contributed by atoms with Crippen molar-refractivity contribution in [1.82, 2.24) is 4.90 Å². The van der Waals surface area contributed by atoms with Gasteiger partial charge in [-0.1, -0.05) is 31.9 Å². The minimum absolute atomic E-state index is 0.110. The van der Waals surface area contributed by atoms with Gasteiger partial charge in [0.05, 0.1) is 5.38 Å². The molecule has 0 aromatic carbocycles. The molecular formula is C13H16ClNO2. The average molecular weight is 254 g/mol. The van der Waals surface area contributed by atoms with Crippen molar-refractivity contribution >= 4 is 23.3 Å². The van der Waals surface area contributed by atoms with E-state index in [2.05, 4.69) is 6.92 Å². The van der Waals surface area contributed by atoms with E-state index in [4.69, 9.17) is 11.6 Å². The Bertz CT molecular complexity index is 412. The van der Waals surface area contributed by atoms with Gasteiger partial charge in [-0.25, -0.2) is 0 Å². The molecule has 0 spiro atoms. The summed E-state index contributed by atoms with van der Waals surface area (Å²) in [5, 5.41) is -0.110. The van der Waals surface area contributed by atoms with Crippen LogP contribution in [0.4, 0.5) is 0 Å². The Hall–Kier alpha value is -1.09. The van der Waals surface area contributed by atoms with Crippen molar-refractivity contribution in [2.45, 2.75) is 38.0 Å². The van der Waals surface area contributed by atoms with E-state index >= 15 is 0 Å². The molecule has 1 unspecified atom stereocenters. The van der Waals surface area contributed by atoms with Crippen LogP contribution in [0.1, 0.15) is 32.6 Å². The molecular weight excluding hydrogens is 238 g/mol. The number of carbonyl (C=O) groups excluding carboxylic acids is 2. The molecule has 0 saturated heterocycles. The topological polar surface area (TPSA) is 37.4 Å². The lowest BCUT2D eigenvalue weighted by Crippen LogP contribution is -2.30. The van der Waals surface area contributed by atoms with E-state index < -0.39 is 0 Å². The van der Waals surface area contributed by atoms with Gasteiger partial charge in [0.15, 0.2) is 0 Å². The van der Waals surface area contributed by atoms with E-state index in [0.717, 1.165) is 25.0 Å².